The van der Waals surface area contributed by atoms with Gasteiger partial charge in [-0.2, -0.15) is 0 Å². The standard InChI is InChI=1S/C17H14BrN3O2/c1-10-7-12(18)8-11(2)15(10)20-16(22)13-9-19-14-5-3-4-6-21(14)17(13)23/h3-9H,1-2H3,(H,20,22). The third-order valence-corrected chi connectivity index (χ3v) is 4.05. The van der Waals surface area contributed by atoms with Gasteiger partial charge in [0.2, 0.25) is 0 Å². The number of nitrogens with zero attached hydrogens (tertiary/aromatic N) is 2. The van der Waals surface area contributed by atoms with Crippen LogP contribution in [-0.2, 0) is 0 Å². The smallest absolute Gasteiger partial charge is 0.270 e. The first-order valence-electron chi connectivity index (χ1n) is 7.02. The summed E-state index contributed by atoms with van der Waals surface area (Å²) >= 11 is 3.42. The first kappa shape index (κ1) is 15.4. The van der Waals surface area contributed by atoms with Gasteiger partial charge in [-0.15, -0.1) is 0 Å². The Labute approximate surface area is 141 Å². The summed E-state index contributed by atoms with van der Waals surface area (Å²) in [5, 5.41) is 2.81. The number of pyridine rings is 1. The molecule has 23 heavy (non-hydrogen) atoms. The van der Waals surface area contributed by atoms with Crippen LogP contribution in [0.25, 0.3) is 5.65 Å². The van der Waals surface area contributed by atoms with Crippen molar-refractivity contribution in [2.75, 3.05) is 5.32 Å². The van der Waals surface area contributed by atoms with Crippen LogP contribution < -0.4 is 10.9 Å². The SMILES string of the molecule is Cc1cc(Br)cc(C)c1NC(=O)c1cnc2ccccn2c1=O. The maximum atomic E-state index is 12.5. The molecule has 0 atom stereocenters. The number of fused-ring (bicyclic) bond motifs is 1. The van der Waals surface area contributed by atoms with Crippen molar-refractivity contribution in [3.63, 3.8) is 0 Å². The Bertz CT molecular complexity index is 956. The molecule has 2 heterocycles. The van der Waals surface area contributed by atoms with E-state index in [1.54, 1.807) is 24.4 Å². The summed E-state index contributed by atoms with van der Waals surface area (Å²) in [5.74, 6) is -0.464. The zero-order chi connectivity index (χ0) is 16.6. The van der Waals surface area contributed by atoms with Crippen LogP contribution in [0.1, 0.15) is 21.5 Å². The van der Waals surface area contributed by atoms with Crippen molar-refractivity contribution in [1.29, 1.82) is 0 Å². The molecule has 3 rings (SSSR count). The van der Waals surface area contributed by atoms with Gasteiger partial charge in [0.25, 0.3) is 11.5 Å². The minimum atomic E-state index is -0.464. The number of rotatable bonds is 2. The average Bonchev–Trinajstić information content (AvgIpc) is 2.51. The summed E-state index contributed by atoms with van der Waals surface area (Å²) in [4.78, 5) is 29.1. The molecule has 116 valence electrons. The molecular formula is C17H14BrN3O2. The largest absolute Gasteiger partial charge is 0.321 e. The van der Waals surface area contributed by atoms with Crippen molar-refractivity contribution in [1.82, 2.24) is 9.38 Å². The molecule has 2 aromatic heterocycles. The predicted molar refractivity (Wildman–Crippen MR) is 93.0 cm³/mol. The maximum Gasteiger partial charge on any atom is 0.270 e. The van der Waals surface area contributed by atoms with E-state index >= 15 is 0 Å². The summed E-state index contributed by atoms with van der Waals surface area (Å²) in [6, 6.07) is 9.05. The van der Waals surface area contributed by atoms with Gasteiger partial charge >= 0.3 is 0 Å². The Morgan fingerprint density at radius 2 is 1.91 bits per heavy atom. The average molecular weight is 372 g/mol. The first-order chi connectivity index (χ1) is 11.0. The van der Waals surface area contributed by atoms with Crippen molar-refractivity contribution in [3.05, 3.63) is 74.2 Å². The fraction of sp³-hybridized carbons (Fsp3) is 0.118. The Hall–Kier alpha value is -2.47. The quantitative estimate of drug-likeness (QED) is 0.751. The lowest BCUT2D eigenvalue weighted by atomic mass is 10.1. The van der Waals surface area contributed by atoms with E-state index in [1.807, 2.05) is 26.0 Å². The van der Waals surface area contributed by atoms with Crippen LogP contribution in [0.2, 0.25) is 0 Å². The van der Waals surface area contributed by atoms with Gasteiger partial charge in [-0.1, -0.05) is 22.0 Å². The Balaban J connectivity index is 2.02. The summed E-state index contributed by atoms with van der Waals surface area (Å²) in [7, 11) is 0. The molecule has 6 heteroatoms. The van der Waals surface area contributed by atoms with Crippen molar-refractivity contribution in [2.45, 2.75) is 13.8 Å². The van der Waals surface area contributed by atoms with Crippen molar-refractivity contribution in [3.8, 4) is 0 Å². The molecule has 0 saturated heterocycles. The number of benzene rings is 1. The number of aromatic nitrogens is 2. The molecule has 0 aliphatic heterocycles. The van der Waals surface area contributed by atoms with Crippen LogP contribution in [0.4, 0.5) is 5.69 Å². The fourth-order valence-electron chi connectivity index (χ4n) is 2.47. The van der Waals surface area contributed by atoms with E-state index in [9.17, 15) is 9.59 Å². The third-order valence-electron chi connectivity index (χ3n) is 3.59. The zero-order valence-electron chi connectivity index (χ0n) is 12.6. The monoisotopic (exact) mass is 371 g/mol. The van der Waals surface area contributed by atoms with E-state index in [2.05, 4.69) is 26.2 Å². The molecule has 0 aliphatic carbocycles. The fourth-order valence-corrected chi connectivity index (χ4v) is 3.16. The van der Waals surface area contributed by atoms with Crippen LogP contribution in [-0.4, -0.2) is 15.3 Å². The van der Waals surface area contributed by atoms with Gasteiger partial charge < -0.3 is 5.32 Å². The molecule has 1 amide bonds. The third kappa shape index (κ3) is 2.90. The molecular weight excluding hydrogens is 358 g/mol. The number of nitrogens with one attached hydrogen (secondary N) is 1. The summed E-state index contributed by atoms with van der Waals surface area (Å²) in [6.07, 6.45) is 2.91. The lowest BCUT2D eigenvalue weighted by molar-refractivity contribution is 0.102. The van der Waals surface area contributed by atoms with Crippen LogP contribution in [0.5, 0.6) is 0 Å². The number of halogens is 1. The number of hydrogen-bond acceptors (Lipinski definition) is 3. The molecule has 0 bridgehead atoms. The van der Waals surface area contributed by atoms with Gasteiger partial charge in [0.1, 0.15) is 11.2 Å². The highest BCUT2D eigenvalue weighted by atomic mass is 79.9. The van der Waals surface area contributed by atoms with E-state index in [-0.39, 0.29) is 11.1 Å². The molecule has 0 saturated carbocycles. The minimum absolute atomic E-state index is 0.00965. The minimum Gasteiger partial charge on any atom is -0.321 e. The summed E-state index contributed by atoms with van der Waals surface area (Å²) in [5.41, 5.74) is 2.66. The Morgan fingerprint density at radius 3 is 2.61 bits per heavy atom. The lowest BCUT2D eigenvalue weighted by Gasteiger charge is -2.12. The van der Waals surface area contributed by atoms with Gasteiger partial charge in [0, 0.05) is 22.6 Å². The van der Waals surface area contributed by atoms with E-state index in [4.69, 9.17) is 0 Å². The topological polar surface area (TPSA) is 63.5 Å². The van der Waals surface area contributed by atoms with Gasteiger partial charge in [-0.3, -0.25) is 14.0 Å². The van der Waals surface area contributed by atoms with E-state index in [0.29, 0.717) is 11.3 Å². The number of anilines is 1. The van der Waals surface area contributed by atoms with Crippen molar-refractivity contribution < 1.29 is 4.79 Å². The summed E-state index contributed by atoms with van der Waals surface area (Å²) < 4.78 is 2.30. The molecule has 3 aromatic rings. The molecule has 0 aliphatic rings. The highest BCUT2D eigenvalue weighted by Gasteiger charge is 2.15. The van der Waals surface area contributed by atoms with Crippen LogP contribution in [0, 0.1) is 13.8 Å². The van der Waals surface area contributed by atoms with Gasteiger partial charge in [0.15, 0.2) is 0 Å². The van der Waals surface area contributed by atoms with Crippen molar-refractivity contribution in [2.24, 2.45) is 0 Å². The molecule has 0 fully saturated rings. The second kappa shape index (κ2) is 5.96. The number of carbonyl (C=O) groups is 1. The molecule has 0 spiro atoms. The molecule has 5 nitrogen and oxygen atoms in total. The number of carbonyl (C=O) groups excluding carboxylic acids is 1. The molecule has 0 radical (unpaired) electrons. The highest BCUT2D eigenvalue weighted by Crippen LogP contribution is 2.25. The van der Waals surface area contributed by atoms with Crippen LogP contribution in [0.15, 0.2) is 52.0 Å². The predicted octanol–water partition coefficient (Wildman–Crippen LogP) is 3.33. The molecule has 1 N–H and O–H groups in total. The highest BCUT2D eigenvalue weighted by molar-refractivity contribution is 9.10. The Kier molecular flexibility index (Phi) is 4.00. The van der Waals surface area contributed by atoms with E-state index < -0.39 is 5.91 Å². The Morgan fingerprint density at radius 1 is 1.22 bits per heavy atom. The molecule has 0 unspecified atom stereocenters. The van der Waals surface area contributed by atoms with Crippen molar-refractivity contribution >= 4 is 33.2 Å². The first-order valence-corrected chi connectivity index (χ1v) is 7.81. The lowest BCUT2D eigenvalue weighted by Crippen LogP contribution is -2.27. The maximum absolute atomic E-state index is 12.5. The zero-order valence-corrected chi connectivity index (χ0v) is 14.2. The van der Waals surface area contributed by atoms with Gasteiger partial charge in [-0.25, -0.2) is 4.98 Å². The second-order valence-electron chi connectivity index (χ2n) is 5.27. The number of amides is 1. The summed E-state index contributed by atoms with van der Waals surface area (Å²) in [6.45, 7) is 3.80. The second-order valence-corrected chi connectivity index (χ2v) is 6.19. The van der Waals surface area contributed by atoms with E-state index in [1.165, 1.54) is 10.6 Å². The number of hydrogen-bond donors (Lipinski definition) is 1. The normalized spacial score (nSPS) is 10.7. The van der Waals surface area contributed by atoms with E-state index in [0.717, 1.165) is 15.6 Å². The van der Waals surface area contributed by atoms with Gasteiger partial charge in [0.05, 0.1) is 0 Å². The molecule has 1 aromatic carbocycles. The van der Waals surface area contributed by atoms with Crippen LogP contribution >= 0.6 is 15.9 Å². The van der Waals surface area contributed by atoms with Crippen LogP contribution in [0.3, 0.4) is 0 Å². The van der Waals surface area contributed by atoms with Gasteiger partial charge in [-0.05, 0) is 49.2 Å². The number of aryl methyl sites for hydroxylation is 2.